The smallest absolute Gasteiger partial charge is 0.0167 e. The summed E-state index contributed by atoms with van der Waals surface area (Å²) in [7, 11) is 3.75. The van der Waals surface area contributed by atoms with Crippen LogP contribution in [0, 0.1) is 0 Å². The third kappa shape index (κ3) is 39700. The first-order valence-corrected chi connectivity index (χ1v) is 2.87. The van der Waals surface area contributed by atoms with Crippen LogP contribution >= 0.6 is 12.2 Å². The molecule has 0 aromatic heterocycles. The van der Waals surface area contributed by atoms with Gasteiger partial charge in [-0.15, -0.1) is 0 Å². The van der Waals surface area contributed by atoms with Crippen LogP contribution in [-0.4, -0.2) is 20.0 Å². The lowest BCUT2D eigenvalue weighted by Gasteiger charge is -1.59. The fourth-order valence-corrected chi connectivity index (χ4v) is 0. The molecule has 1 nitrogen and oxygen atoms in total. The monoisotopic (exact) mass is 121 g/mol. The molecule has 0 radical (unpaired) electrons. The van der Waals surface area contributed by atoms with Crippen LogP contribution in [0.3, 0.4) is 0 Å². The van der Waals surface area contributed by atoms with Gasteiger partial charge in [0.1, 0.15) is 0 Å². The van der Waals surface area contributed by atoms with Crippen molar-refractivity contribution >= 4 is 18.1 Å². The van der Waals surface area contributed by atoms with Gasteiger partial charge in [-0.25, -0.2) is 0 Å². The van der Waals surface area contributed by atoms with Crippen molar-refractivity contribution in [2.45, 2.75) is 13.8 Å². The van der Waals surface area contributed by atoms with Crippen molar-refractivity contribution in [1.29, 1.82) is 0 Å². The van der Waals surface area contributed by atoms with Gasteiger partial charge in [-0.05, 0) is 20.0 Å². The molecule has 0 atom stereocenters. The Hall–Kier alpha value is 0.0500. The summed E-state index contributed by atoms with van der Waals surface area (Å²) in [5.74, 6) is 2.83. The van der Waals surface area contributed by atoms with E-state index in [1.807, 2.05) is 27.9 Å². The normalized spacial score (nSPS) is 4.00. The topological polar surface area (TPSA) is 12.0 Å². The van der Waals surface area contributed by atoms with Gasteiger partial charge in [0.2, 0.25) is 0 Å². The van der Waals surface area contributed by atoms with E-state index in [1.54, 1.807) is 0 Å². The van der Waals surface area contributed by atoms with Gasteiger partial charge in [0.05, 0.1) is 0 Å². The first-order valence-electron chi connectivity index (χ1n) is 2.29. The maximum Gasteiger partial charge on any atom is -0.0167 e. The average molecular weight is 121 g/mol. The molecule has 0 rings (SSSR count). The van der Waals surface area contributed by atoms with Gasteiger partial charge in [-0.2, -0.15) is 0 Å². The molecule has 0 bridgehead atoms. The molecule has 0 saturated heterocycles. The van der Waals surface area contributed by atoms with Crippen molar-refractivity contribution in [2.75, 3.05) is 14.1 Å². The second-order valence-electron chi connectivity index (χ2n) is 0.500. The Morgan fingerprint density at radius 2 is 1.14 bits per heavy atom. The molecule has 0 saturated carbocycles. The zero-order chi connectivity index (χ0) is 6.71. The fraction of sp³-hybridized carbons (Fsp3) is 0.800. The maximum atomic E-state index is 3.83. The summed E-state index contributed by atoms with van der Waals surface area (Å²) < 4.78 is 0. The van der Waals surface area contributed by atoms with Gasteiger partial charge in [0.25, 0.3) is 0 Å². The molecule has 0 unspecified atom stereocenters. The minimum Gasteiger partial charge on any atom is -0.323 e. The molecule has 0 aliphatic heterocycles. The Morgan fingerprint density at radius 1 is 1.14 bits per heavy atom. The van der Waals surface area contributed by atoms with Crippen molar-refractivity contribution < 1.29 is 0 Å². The molecule has 0 spiro atoms. The largest absolute Gasteiger partial charge is 0.323 e. The summed E-state index contributed by atoms with van der Waals surface area (Å²) in [6.45, 7) is 4.00. The molecule has 0 aromatic carbocycles. The highest BCUT2D eigenvalue weighted by Crippen LogP contribution is 1.14. The minimum atomic E-state index is 1.88. The summed E-state index contributed by atoms with van der Waals surface area (Å²) in [5.41, 5.74) is 0. The van der Waals surface area contributed by atoms with E-state index in [-0.39, 0.29) is 0 Å². The summed E-state index contributed by atoms with van der Waals surface area (Å²) in [4.78, 5) is 0. The van der Waals surface area contributed by atoms with Gasteiger partial charge >= 0.3 is 0 Å². The standard InChI is InChI=1S/C2H7N.C2H6.CH2S/c1-3-2;2*1-2/h3H,1-2H3;1-2H3;1H2. The summed E-state index contributed by atoms with van der Waals surface area (Å²) in [6, 6.07) is 0. The van der Waals surface area contributed by atoms with Crippen LogP contribution in [0.4, 0.5) is 0 Å². The molecule has 0 heterocycles. The first kappa shape index (κ1) is 15.7. The molecule has 0 fully saturated rings. The highest BCUT2D eigenvalue weighted by Gasteiger charge is 1.25. The van der Waals surface area contributed by atoms with Gasteiger partial charge < -0.3 is 5.32 Å². The van der Waals surface area contributed by atoms with E-state index in [2.05, 4.69) is 23.4 Å². The van der Waals surface area contributed by atoms with Crippen molar-refractivity contribution in [3.8, 4) is 0 Å². The van der Waals surface area contributed by atoms with Gasteiger partial charge in [-0.1, -0.05) is 26.1 Å². The number of hydrogen-bond acceptors (Lipinski definition) is 2. The SMILES string of the molecule is C=S.CC.CNC. The Kier molecular flexibility index (Phi) is 315. The van der Waals surface area contributed by atoms with Crippen LogP contribution in [0.1, 0.15) is 13.8 Å². The number of hydrogen-bond donors (Lipinski definition) is 1. The Bertz CT molecular complexity index is 12.0. The van der Waals surface area contributed by atoms with Crippen LogP contribution < -0.4 is 5.32 Å². The van der Waals surface area contributed by atoms with E-state index in [4.69, 9.17) is 0 Å². The Morgan fingerprint density at radius 3 is 1.14 bits per heavy atom. The van der Waals surface area contributed by atoms with Crippen LogP contribution in [0.5, 0.6) is 0 Å². The average Bonchev–Trinajstić information content (AvgIpc) is 1.78. The second kappa shape index (κ2) is 140. The molecule has 1 N–H and O–H groups in total. The Labute approximate surface area is 52.1 Å². The number of rotatable bonds is 0. The lowest BCUT2D eigenvalue weighted by Crippen LogP contribution is -1.89. The molecular formula is C5H15NS. The number of nitrogens with one attached hydrogen (secondary N) is 1. The van der Waals surface area contributed by atoms with Crippen molar-refractivity contribution in [2.24, 2.45) is 0 Å². The highest BCUT2D eigenvalue weighted by molar-refractivity contribution is 7.77. The molecule has 0 amide bonds. The third-order valence-corrected chi connectivity index (χ3v) is 0. The molecule has 46 valence electrons. The van der Waals surface area contributed by atoms with Crippen LogP contribution in [0.25, 0.3) is 0 Å². The minimum absolute atomic E-state index is 1.88. The lowest BCUT2D eigenvalue weighted by atomic mass is 11.0. The molecule has 0 aliphatic carbocycles. The molecular weight excluding hydrogens is 106 g/mol. The molecule has 0 aliphatic rings. The van der Waals surface area contributed by atoms with Gasteiger partial charge in [-0.3, -0.25) is 0 Å². The summed E-state index contributed by atoms with van der Waals surface area (Å²) >= 11 is 3.83. The molecule has 2 heteroatoms. The van der Waals surface area contributed by atoms with E-state index in [1.165, 1.54) is 0 Å². The van der Waals surface area contributed by atoms with Crippen LogP contribution in [0.2, 0.25) is 0 Å². The fourth-order valence-electron chi connectivity index (χ4n) is 0. The predicted molar refractivity (Wildman–Crippen MR) is 41.0 cm³/mol. The van der Waals surface area contributed by atoms with Crippen LogP contribution in [-0.2, 0) is 0 Å². The van der Waals surface area contributed by atoms with E-state index >= 15 is 0 Å². The van der Waals surface area contributed by atoms with Crippen LogP contribution in [0.15, 0.2) is 0 Å². The maximum absolute atomic E-state index is 3.83. The lowest BCUT2D eigenvalue weighted by molar-refractivity contribution is 1.02. The molecule has 0 aromatic rings. The first-order chi connectivity index (χ1) is 3.41. The second-order valence-corrected chi connectivity index (χ2v) is 0.500. The quantitative estimate of drug-likeness (QED) is 0.487. The highest BCUT2D eigenvalue weighted by atomic mass is 32.1. The van der Waals surface area contributed by atoms with E-state index in [0.717, 1.165) is 0 Å². The predicted octanol–water partition coefficient (Wildman–Crippen LogP) is 1.48. The summed E-state index contributed by atoms with van der Waals surface area (Å²) in [6.07, 6.45) is 0. The van der Waals surface area contributed by atoms with E-state index in [9.17, 15) is 0 Å². The zero-order valence-corrected chi connectivity index (χ0v) is 6.43. The Balaban J connectivity index is -0.0000000360. The van der Waals surface area contributed by atoms with Gasteiger partial charge in [0.15, 0.2) is 0 Å². The van der Waals surface area contributed by atoms with E-state index in [0.29, 0.717) is 0 Å². The van der Waals surface area contributed by atoms with Crippen molar-refractivity contribution in [1.82, 2.24) is 5.32 Å². The summed E-state index contributed by atoms with van der Waals surface area (Å²) in [5, 5.41) is 2.75. The van der Waals surface area contributed by atoms with Crippen molar-refractivity contribution in [3.63, 3.8) is 0 Å². The van der Waals surface area contributed by atoms with E-state index < -0.39 is 0 Å². The molecule has 7 heavy (non-hydrogen) atoms. The van der Waals surface area contributed by atoms with Crippen molar-refractivity contribution in [3.05, 3.63) is 0 Å². The third-order valence-electron chi connectivity index (χ3n) is 0. The zero-order valence-electron chi connectivity index (χ0n) is 5.62. The number of thiocarbonyl (C=S) groups is 1. The van der Waals surface area contributed by atoms with Gasteiger partial charge in [0, 0.05) is 0 Å².